The van der Waals surface area contributed by atoms with Crippen molar-refractivity contribution in [1.29, 1.82) is 0 Å². The van der Waals surface area contributed by atoms with Crippen LogP contribution >= 0.6 is 11.3 Å². The van der Waals surface area contributed by atoms with Crippen molar-refractivity contribution in [1.82, 2.24) is 24.6 Å². The highest BCUT2D eigenvalue weighted by atomic mass is 32.1. The Hall–Kier alpha value is -2.05. The molecule has 0 spiro atoms. The van der Waals surface area contributed by atoms with Crippen LogP contribution in [0.15, 0.2) is 42.0 Å². The Morgan fingerprint density at radius 3 is 2.67 bits per heavy atom. The largest absolute Gasteiger partial charge is 0.306 e. The summed E-state index contributed by atoms with van der Waals surface area (Å²) in [5, 5.41) is 6.99. The SMILES string of the molecule is CN1CCC(n2nc(Cc3cccs3)nc2-c2ccncc2)CC1. The highest BCUT2D eigenvalue weighted by molar-refractivity contribution is 7.09. The quantitative estimate of drug-likeness (QED) is 0.732. The summed E-state index contributed by atoms with van der Waals surface area (Å²) in [6, 6.07) is 8.69. The number of likely N-dealkylation sites (tertiary alicyclic amines) is 1. The fourth-order valence-electron chi connectivity index (χ4n) is 3.20. The number of aromatic nitrogens is 4. The van der Waals surface area contributed by atoms with Gasteiger partial charge in [0.15, 0.2) is 11.6 Å². The van der Waals surface area contributed by atoms with E-state index in [-0.39, 0.29) is 0 Å². The first-order chi connectivity index (χ1) is 11.8. The van der Waals surface area contributed by atoms with Crippen LogP contribution in [-0.4, -0.2) is 44.8 Å². The monoisotopic (exact) mass is 339 g/mol. The minimum Gasteiger partial charge on any atom is -0.306 e. The summed E-state index contributed by atoms with van der Waals surface area (Å²) in [4.78, 5) is 12.7. The van der Waals surface area contributed by atoms with Gasteiger partial charge in [0, 0.05) is 29.3 Å². The summed E-state index contributed by atoms with van der Waals surface area (Å²) >= 11 is 1.76. The van der Waals surface area contributed by atoms with Crippen LogP contribution in [-0.2, 0) is 6.42 Å². The van der Waals surface area contributed by atoms with Gasteiger partial charge in [-0.15, -0.1) is 11.3 Å². The fourth-order valence-corrected chi connectivity index (χ4v) is 3.90. The van der Waals surface area contributed by atoms with Crippen molar-refractivity contribution in [3.63, 3.8) is 0 Å². The Labute approximate surface area is 146 Å². The number of nitrogens with zero attached hydrogens (tertiary/aromatic N) is 5. The number of hydrogen-bond donors (Lipinski definition) is 0. The van der Waals surface area contributed by atoms with Gasteiger partial charge in [0.05, 0.1) is 6.04 Å². The molecule has 3 aromatic heterocycles. The van der Waals surface area contributed by atoms with Gasteiger partial charge in [-0.3, -0.25) is 4.98 Å². The van der Waals surface area contributed by atoms with Crippen LogP contribution < -0.4 is 0 Å². The minimum atomic E-state index is 0.425. The predicted molar refractivity (Wildman–Crippen MR) is 96.1 cm³/mol. The van der Waals surface area contributed by atoms with Crippen molar-refractivity contribution in [3.05, 3.63) is 52.7 Å². The molecule has 4 rings (SSSR count). The standard InChI is InChI=1S/C18H21N5S/c1-22-10-6-15(7-11-22)23-18(14-4-8-19-9-5-14)20-17(21-23)13-16-3-2-12-24-16/h2-5,8-9,12,15H,6-7,10-11,13H2,1H3. The van der Waals surface area contributed by atoms with E-state index in [2.05, 4.69) is 39.1 Å². The first-order valence-electron chi connectivity index (χ1n) is 8.36. The lowest BCUT2D eigenvalue weighted by Crippen LogP contribution is -2.32. The molecule has 1 aliphatic heterocycles. The molecule has 0 unspecified atom stereocenters. The zero-order valence-corrected chi connectivity index (χ0v) is 14.6. The average Bonchev–Trinajstić information content (AvgIpc) is 3.27. The van der Waals surface area contributed by atoms with Crippen LogP contribution in [0.3, 0.4) is 0 Å². The summed E-state index contributed by atoms with van der Waals surface area (Å²) in [5.74, 6) is 1.88. The van der Waals surface area contributed by atoms with E-state index in [9.17, 15) is 0 Å². The Morgan fingerprint density at radius 1 is 1.17 bits per heavy atom. The third kappa shape index (κ3) is 3.25. The van der Waals surface area contributed by atoms with Crippen molar-refractivity contribution >= 4 is 11.3 Å². The molecule has 1 fully saturated rings. The normalized spacial score (nSPS) is 16.5. The minimum absolute atomic E-state index is 0.425. The molecule has 0 bridgehead atoms. The molecule has 0 atom stereocenters. The Balaban J connectivity index is 1.68. The second-order valence-electron chi connectivity index (χ2n) is 6.32. The van der Waals surface area contributed by atoms with Gasteiger partial charge < -0.3 is 4.90 Å². The maximum Gasteiger partial charge on any atom is 0.158 e. The van der Waals surface area contributed by atoms with Crippen molar-refractivity contribution < 1.29 is 0 Å². The van der Waals surface area contributed by atoms with E-state index in [4.69, 9.17) is 10.1 Å². The Morgan fingerprint density at radius 2 is 1.96 bits per heavy atom. The summed E-state index contributed by atoms with van der Waals surface area (Å²) < 4.78 is 2.16. The van der Waals surface area contributed by atoms with E-state index >= 15 is 0 Å². The van der Waals surface area contributed by atoms with E-state index in [0.29, 0.717) is 6.04 Å². The third-order valence-electron chi connectivity index (χ3n) is 4.56. The molecule has 6 heteroatoms. The number of hydrogen-bond acceptors (Lipinski definition) is 5. The molecule has 24 heavy (non-hydrogen) atoms. The molecule has 0 N–H and O–H groups in total. The predicted octanol–water partition coefficient (Wildman–Crippen LogP) is 3.26. The smallest absolute Gasteiger partial charge is 0.158 e. The maximum atomic E-state index is 4.88. The van der Waals surface area contributed by atoms with Gasteiger partial charge in [0.1, 0.15) is 0 Å². The van der Waals surface area contributed by atoms with E-state index in [1.165, 1.54) is 4.88 Å². The summed E-state index contributed by atoms with van der Waals surface area (Å²) in [6.07, 6.45) is 6.69. The molecular weight excluding hydrogens is 318 g/mol. The lowest BCUT2D eigenvalue weighted by Gasteiger charge is -2.29. The van der Waals surface area contributed by atoms with Gasteiger partial charge in [0.2, 0.25) is 0 Å². The lowest BCUT2D eigenvalue weighted by molar-refractivity contribution is 0.213. The van der Waals surface area contributed by atoms with Crippen molar-refractivity contribution in [2.75, 3.05) is 20.1 Å². The van der Waals surface area contributed by atoms with Gasteiger partial charge in [-0.05, 0) is 56.6 Å². The van der Waals surface area contributed by atoms with E-state index in [0.717, 1.165) is 49.6 Å². The Kier molecular flexibility index (Phi) is 4.40. The Bertz CT molecular complexity index is 773. The van der Waals surface area contributed by atoms with Gasteiger partial charge in [-0.25, -0.2) is 9.67 Å². The zero-order valence-electron chi connectivity index (χ0n) is 13.8. The van der Waals surface area contributed by atoms with Crippen molar-refractivity contribution in [3.8, 4) is 11.4 Å². The first kappa shape index (κ1) is 15.5. The molecule has 4 heterocycles. The van der Waals surface area contributed by atoms with Crippen LogP contribution in [0.4, 0.5) is 0 Å². The highest BCUT2D eigenvalue weighted by Gasteiger charge is 2.23. The molecule has 0 saturated carbocycles. The molecule has 1 saturated heterocycles. The van der Waals surface area contributed by atoms with Gasteiger partial charge in [0.25, 0.3) is 0 Å². The second-order valence-corrected chi connectivity index (χ2v) is 7.35. The number of thiophene rings is 1. The molecule has 3 aromatic rings. The number of piperidine rings is 1. The van der Waals surface area contributed by atoms with Gasteiger partial charge >= 0.3 is 0 Å². The van der Waals surface area contributed by atoms with Gasteiger partial charge in [-0.2, -0.15) is 5.10 Å². The molecular formula is C18H21N5S. The number of pyridine rings is 1. The molecule has 5 nitrogen and oxygen atoms in total. The summed E-state index contributed by atoms with van der Waals surface area (Å²) in [5.41, 5.74) is 1.09. The first-order valence-corrected chi connectivity index (χ1v) is 9.24. The zero-order chi connectivity index (χ0) is 16.4. The summed E-state index contributed by atoms with van der Waals surface area (Å²) in [7, 11) is 2.18. The topological polar surface area (TPSA) is 46.8 Å². The second kappa shape index (κ2) is 6.83. The molecule has 0 radical (unpaired) electrons. The van der Waals surface area contributed by atoms with E-state index < -0.39 is 0 Å². The third-order valence-corrected chi connectivity index (χ3v) is 5.44. The van der Waals surface area contributed by atoms with E-state index in [1.54, 1.807) is 11.3 Å². The summed E-state index contributed by atoms with van der Waals surface area (Å²) in [6.45, 7) is 2.22. The molecule has 0 amide bonds. The van der Waals surface area contributed by atoms with Crippen LogP contribution in [0, 0.1) is 0 Å². The lowest BCUT2D eigenvalue weighted by atomic mass is 10.1. The van der Waals surface area contributed by atoms with Crippen LogP contribution in [0.2, 0.25) is 0 Å². The van der Waals surface area contributed by atoms with Crippen LogP contribution in [0.5, 0.6) is 0 Å². The van der Waals surface area contributed by atoms with Crippen molar-refractivity contribution in [2.45, 2.75) is 25.3 Å². The molecule has 0 aliphatic carbocycles. The van der Waals surface area contributed by atoms with E-state index in [1.807, 2.05) is 24.5 Å². The number of rotatable bonds is 4. The van der Waals surface area contributed by atoms with Crippen LogP contribution in [0.1, 0.15) is 29.6 Å². The fraction of sp³-hybridized carbons (Fsp3) is 0.389. The maximum absolute atomic E-state index is 4.88. The average molecular weight is 339 g/mol. The van der Waals surface area contributed by atoms with Gasteiger partial charge in [-0.1, -0.05) is 6.07 Å². The highest BCUT2D eigenvalue weighted by Crippen LogP contribution is 2.27. The molecule has 124 valence electrons. The van der Waals surface area contributed by atoms with Crippen LogP contribution in [0.25, 0.3) is 11.4 Å². The molecule has 1 aliphatic rings. The molecule has 0 aromatic carbocycles. The van der Waals surface area contributed by atoms with Crippen molar-refractivity contribution in [2.24, 2.45) is 0 Å².